The van der Waals surface area contributed by atoms with Crippen molar-refractivity contribution in [2.75, 3.05) is 11.5 Å². The molecule has 0 aromatic rings. The average molecular weight is 411 g/mol. The number of carbonyl (C=O) groups is 1. The number of carboxylic acids is 1. The zero-order chi connectivity index (χ0) is 20.3. The molecule has 28 heavy (non-hydrogen) atoms. The monoisotopic (exact) mass is 410 g/mol. The molecule has 0 radical (unpaired) electrons. The number of aliphatic carboxylic acids is 1. The standard InChI is InChI=1S/C23H38O4S/c1-4-12-28(27)14-16-15-6-10-23(19(16)24)11-7-17-21(2,18(23)13-15)8-5-9-22(17,3)20(25)26/h15-19,24H,4-14H2,1-3H3,(H,25,26)/t15-,16+,17?,18?,19-,21-,22-,23+,28?/m1/s1. The highest BCUT2D eigenvalue weighted by Crippen LogP contribution is 2.72. The molecule has 0 saturated heterocycles. The number of aliphatic hydroxyl groups is 1. The van der Waals surface area contributed by atoms with E-state index in [0.29, 0.717) is 17.6 Å². The molecule has 0 aromatic carbocycles. The maximum atomic E-state index is 12.5. The molecule has 1 spiro atoms. The topological polar surface area (TPSA) is 74.6 Å². The molecule has 4 nitrogen and oxygen atoms in total. The first-order valence-corrected chi connectivity index (χ1v) is 12.9. The zero-order valence-electron chi connectivity index (χ0n) is 17.8. The van der Waals surface area contributed by atoms with Gasteiger partial charge in [-0.25, -0.2) is 0 Å². The van der Waals surface area contributed by atoms with E-state index in [0.717, 1.165) is 63.5 Å². The minimum atomic E-state index is -0.830. The van der Waals surface area contributed by atoms with E-state index in [9.17, 15) is 19.2 Å². The van der Waals surface area contributed by atoms with E-state index in [1.807, 2.05) is 6.92 Å². The maximum absolute atomic E-state index is 12.5. The van der Waals surface area contributed by atoms with Crippen LogP contribution in [0.4, 0.5) is 0 Å². The van der Waals surface area contributed by atoms with Gasteiger partial charge in [0.05, 0.1) is 11.5 Å². The van der Waals surface area contributed by atoms with Gasteiger partial charge in [-0.15, -0.1) is 0 Å². The van der Waals surface area contributed by atoms with Crippen LogP contribution >= 0.6 is 0 Å². The van der Waals surface area contributed by atoms with E-state index in [1.165, 1.54) is 0 Å². The van der Waals surface area contributed by atoms with Gasteiger partial charge in [0, 0.05) is 22.3 Å². The Balaban J connectivity index is 1.65. The number of carboxylic acid groups (broad SMARTS) is 1. The van der Waals surface area contributed by atoms with Gasteiger partial charge in [0.1, 0.15) is 0 Å². The lowest BCUT2D eigenvalue weighted by atomic mass is 9.35. The predicted octanol–water partition coefficient (Wildman–Crippen LogP) is 4.23. The highest BCUT2D eigenvalue weighted by atomic mass is 32.2. The molecule has 0 aromatic heterocycles. The lowest BCUT2D eigenvalue weighted by molar-refractivity contribution is -0.241. The largest absolute Gasteiger partial charge is 0.481 e. The van der Waals surface area contributed by atoms with E-state index in [-0.39, 0.29) is 28.8 Å². The molecule has 5 heteroatoms. The third-order valence-electron chi connectivity index (χ3n) is 9.78. The molecule has 2 N–H and O–H groups in total. The minimum absolute atomic E-state index is 0.0107. The van der Waals surface area contributed by atoms with Crippen molar-refractivity contribution in [2.24, 2.45) is 39.9 Å². The van der Waals surface area contributed by atoms with Crippen molar-refractivity contribution < 1.29 is 19.2 Å². The van der Waals surface area contributed by atoms with Crippen LogP contribution in [0.25, 0.3) is 0 Å². The molecule has 9 atom stereocenters. The summed E-state index contributed by atoms with van der Waals surface area (Å²) in [4.78, 5) is 12.2. The molecular formula is C23H38O4S. The fourth-order valence-corrected chi connectivity index (χ4v) is 9.99. The Morgan fingerprint density at radius 2 is 1.82 bits per heavy atom. The fraction of sp³-hybridized carbons (Fsp3) is 0.957. The molecule has 2 bridgehead atoms. The van der Waals surface area contributed by atoms with Crippen LogP contribution in [0, 0.1) is 39.9 Å². The first-order valence-electron chi connectivity index (χ1n) is 11.5. The lowest BCUT2D eigenvalue weighted by Crippen LogP contribution is -2.67. The normalized spacial score (nSPS) is 51.2. The summed E-state index contributed by atoms with van der Waals surface area (Å²) in [5, 5.41) is 21.6. The summed E-state index contributed by atoms with van der Waals surface area (Å²) < 4.78 is 12.5. The molecule has 0 aliphatic heterocycles. The van der Waals surface area contributed by atoms with Crippen LogP contribution in [-0.2, 0) is 15.6 Å². The number of aliphatic hydroxyl groups excluding tert-OH is 1. The van der Waals surface area contributed by atoms with E-state index in [1.54, 1.807) is 0 Å². The van der Waals surface area contributed by atoms with E-state index in [2.05, 4.69) is 13.8 Å². The van der Waals surface area contributed by atoms with Crippen molar-refractivity contribution in [3.05, 3.63) is 0 Å². The van der Waals surface area contributed by atoms with Gasteiger partial charge in [0.2, 0.25) is 0 Å². The van der Waals surface area contributed by atoms with Crippen LogP contribution < -0.4 is 0 Å². The summed E-state index contributed by atoms with van der Waals surface area (Å²) in [7, 11) is -0.830. The van der Waals surface area contributed by atoms with Crippen LogP contribution in [0.5, 0.6) is 0 Å². The zero-order valence-corrected chi connectivity index (χ0v) is 18.6. The minimum Gasteiger partial charge on any atom is -0.481 e. The first-order chi connectivity index (χ1) is 13.2. The average Bonchev–Trinajstić information content (AvgIpc) is 2.64. The Labute approximate surface area is 172 Å². The molecule has 5 aliphatic carbocycles. The second-order valence-electron chi connectivity index (χ2n) is 10.9. The van der Waals surface area contributed by atoms with Crippen LogP contribution in [0.1, 0.15) is 78.6 Å². The van der Waals surface area contributed by atoms with Crippen molar-refractivity contribution >= 4 is 16.8 Å². The van der Waals surface area contributed by atoms with E-state index in [4.69, 9.17) is 0 Å². The van der Waals surface area contributed by atoms with Crippen molar-refractivity contribution in [3.63, 3.8) is 0 Å². The molecule has 5 saturated carbocycles. The second-order valence-corrected chi connectivity index (χ2v) is 12.5. The van der Waals surface area contributed by atoms with Crippen LogP contribution in [0.3, 0.4) is 0 Å². The molecule has 5 rings (SSSR count). The Bertz CT molecular complexity index is 665. The predicted molar refractivity (Wildman–Crippen MR) is 111 cm³/mol. The SMILES string of the molecule is CCCS(=O)C[C@H]1[C@@H]2CC[C@@]3(CCC4[C@@](C)(CCC[C@@]4(C)C(=O)O)C3C2)[C@@H]1O. The summed E-state index contributed by atoms with van der Waals surface area (Å²) >= 11 is 0. The van der Waals surface area contributed by atoms with Gasteiger partial charge >= 0.3 is 5.97 Å². The van der Waals surface area contributed by atoms with Gasteiger partial charge in [-0.2, -0.15) is 0 Å². The Kier molecular flexibility index (Phi) is 5.27. The van der Waals surface area contributed by atoms with E-state index >= 15 is 0 Å². The van der Waals surface area contributed by atoms with Gasteiger partial charge in [0.15, 0.2) is 0 Å². The van der Waals surface area contributed by atoms with Gasteiger partial charge < -0.3 is 10.2 Å². The number of hydrogen-bond donors (Lipinski definition) is 2. The van der Waals surface area contributed by atoms with Crippen LogP contribution in [-0.4, -0.2) is 38.0 Å². The van der Waals surface area contributed by atoms with Crippen molar-refractivity contribution in [3.8, 4) is 0 Å². The summed E-state index contributed by atoms with van der Waals surface area (Å²) in [6.45, 7) is 6.39. The first kappa shape index (κ1) is 20.8. The highest BCUT2D eigenvalue weighted by Gasteiger charge is 2.68. The number of rotatable bonds is 5. The van der Waals surface area contributed by atoms with Crippen molar-refractivity contribution in [1.82, 2.24) is 0 Å². The van der Waals surface area contributed by atoms with Crippen LogP contribution in [0.15, 0.2) is 0 Å². The smallest absolute Gasteiger partial charge is 0.309 e. The molecule has 3 unspecified atom stereocenters. The second kappa shape index (κ2) is 7.08. The van der Waals surface area contributed by atoms with Gasteiger partial charge in [-0.3, -0.25) is 9.00 Å². The molecular weight excluding hydrogens is 372 g/mol. The summed E-state index contributed by atoms with van der Waals surface area (Å²) in [6, 6.07) is 0. The van der Waals surface area contributed by atoms with Gasteiger partial charge in [-0.1, -0.05) is 20.3 Å². The molecule has 0 amide bonds. The maximum Gasteiger partial charge on any atom is 0.309 e. The van der Waals surface area contributed by atoms with Crippen LogP contribution in [0.2, 0.25) is 0 Å². The Hall–Kier alpha value is -0.420. The third kappa shape index (κ3) is 2.78. The Morgan fingerprint density at radius 3 is 2.50 bits per heavy atom. The van der Waals surface area contributed by atoms with Crippen molar-refractivity contribution in [2.45, 2.75) is 84.7 Å². The summed E-state index contributed by atoms with van der Waals surface area (Å²) in [6.07, 6.45) is 8.63. The molecule has 160 valence electrons. The number of fused-ring (bicyclic) bond motifs is 3. The van der Waals surface area contributed by atoms with Gasteiger partial charge in [0.25, 0.3) is 0 Å². The van der Waals surface area contributed by atoms with Crippen molar-refractivity contribution in [1.29, 1.82) is 0 Å². The van der Waals surface area contributed by atoms with Gasteiger partial charge in [-0.05, 0) is 92.8 Å². The molecule has 5 aliphatic rings. The summed E-state index contributed by atoms with van der Waals surface area (Å²) in [5.74, 6) is 2.02. The quantitative estimate of drug-likeness (QED) is 0.711. The third-order valence-corrected chi connectivity index (χ3v) is 11.4. The molecule has 0 heterocycles. The lowest BCUT2D eigenvalue weighted by Gasteiger charge is -2.69. The fourth-order valence-electron chi connectivity index (χ4n) is 8.48. The Morgan fingerprint density at radius 1 is 1.11 bits per heavy atom. The van der Waals surface area contributed by atoms with E-state index < -0.39 is 22.2 Å². The molecule has 5 fully saturated rings. The highest BCUT2D eigenvalue weighted by molar-refractivity contribution is 7.84. The summed E-state index contributed by atoms with van der Waals surface area (Å²) in [5.41, 5.74) is -0.688. The number of hydrogen-bond acceptors (Lipinski definition) is 3.